The van der Waals surface area contributed by atoms with Crippen LogP contribution in [-0.2, 0) is 9.49 Å². The van der Waals surface area contributed by atoms with E-state index in [4.69, 9.17) is 13.9 Å². The minimum Gasteiger partial charge on any atom is -0.440 e. The molecule has 0 unspecified atom stereocenters. The Morgan fingerprint density at radius 2 is 1.87 bits per heavy atom. The number of para-hydroxylation sites is 1. The molecule has 2 aliphatic heterocycles. The summed E-state index contributed by atoms with van der Waals surface area (Å²) in [4.78, 5) is 15.6. The summed E-state index contributed by atoms with van der Waals surface area (Å²) in [6, 6.07) is 17.7. The van der Waals surface area contributed by atoms with Crippen LogP contribution < -0.4 is 21.1 Å². The quantitative estimate of drug-likeness (QED) is 0.380. The molecule has 1 fully saturated rings. The first kappa shape index (κ1) is 25.2. The molecule has 0 radical (unpaired) electrons. The van der Waals surface area contributed by atoms with Crippen molar-refractivity contribution in [2.24, 2.45) is 5.16 Å². The molecular weight excluding hydrogens is 493 g/mol. The summed E-state index contributed by atoms with van der Waals surface area (Å²) in [5.41, 5.74) is 7.56. The summed E-state index contributed by atoms with van der Waals surface area (Å²) in [5, 5.41) is 18.1. The van der Waals surface area contributed by atoms with Crippen LogP contribution in [0.1, 0.15) is 35.2 Å². The third-order valence-corrected chi connectivity index (χ3v) is 7.45. The molecular formula is C30H30BN3O5. The maximum atomic E-state index is 13.5. The van der Waals surface area contributed by atoms with Crippen LogP contribution in [0.2, 0.25) is 0 Å². The maximum Gasteiger partial charge on any atom is 0.583 e. The van der Waals surface area contributed by atoms with E-state index >= 15 is 0 Å². The first-order valence-electron chi connectivity index (χ1n) is 13.2. The number of aryl methyl sites for hydroxylation is 1. The molecule has 2 N–H and O–H groups in total. The van der Waals surface area contributed by atoms with Gasteiger partial charge in [0.1, 0.15) is 5.58 Å². The molecule has 0 bridgehead atoms. The zero-order chi connectivity index (χ0) is 27.1. The second kappa shape index (κ2) is 10.2. The van der Waals surface area contributed by atoms with Crippen LogP contribution in [0, 0.1) is 13.8 Å². The minimum atomic E-state index is -1.07. The largest absolute Gasteiger partial charge is 0.583 e. The lowest BCUT2D eigenvalue weighted by Gasteiger charge is -2.29. The summed E-state index contributed by atoms with van der Waals surface area (Å²) in [5.74, 6) is 0.621. The predicted octanol–water partition coefficient (Wildman–Crippen LogP) is 4.14. The zero-order valence-electron chi connectivity index (χ0n) is 22.2. The Kier molecular flexibility index (Phi) is 6.62. The SMILES string of the molecule is Cc1cc([C@H](C)Nc2ccccc2-c2ccc3c(c2)C=NOB3O)c2oc(N3CCOCC3)c(C)c(=O)c2c1. The first-order chi connectivity index (χ1) is 18.9. The van der Waals surface area contributed by atoms with Crippen LogP contribution >= 0.6 is 0 Å². The zero-order valence-corrected chi connectivity index (χ0v) is 22.2. The summed E-state index contributed by atoms with van der Waals surface area (Å²) in [6.45, 7) is 8.50. The Hall–Kier alpha value is -4.08. The molecule has 0 spiro atoms. The summed E-state index contributed by atoms with van der Waals surface area (Å²) < 4.78 is 17.0. The van der Waals surface area contributed by atoms with Crippen molar-refractivity contribution < 1.29 is 18.9 Å². The first-order valence-corrected chi connectivity index (χ1v) is 13.2. The Balaban J connectivity index is 1.40. The van der Waals surface area contributed by atoms with Crippen LogP contribution in [0.4, 0.5) is 11.6 Å². The molecule has 3 heterocycles. The van der Waals surface area contributed by atoms with E-state index in [1.165, 1.54) is 0 Å². The number of rotatable bonds is 5. The number of fused-ring (bicyclic) bond motifs is 2. The molecule has 0 amide bonds. The van der Waals surface area contributed by atoms with Crippen molar-refractivity contribution in [3.05, 3.63) is 87.1 Å². The van der Waals surface area contributed by atoms with Crippen molar-refractivity contribution >= 4 is 41.3 Å². The van der Waals surface area contributed by atoms with Gasteiger partial charge in [0, 0.05) is 35.4 Å². The van der Waals surface area contributed by atoms with Gasteiger partial charge in [-0.2, -0.15) is 0 Å². The van der Waals surface area contributed by atoms with Crippen LogP contribution in [-0.4, -0.2) is 44.7 Å². The van der Waals surface area contributed by atoms with Crippen LogP contribution in [0.3, 0.4) is 0 Å². The third kappa shape index (κ3) is 4.68. The normalized spacial score (nSPS) is 15.7. The van der Waals surface area contributed by atoms with Gasteiger partial charge in [-0.15, -0.1) is 5.16 Å². The molecule has 6 rings (SSSR count). The van der Waals surface area contributed by atoms with Gasteiger partial charge in [-0.1, -0.05) is 36.4 Å². The number of ether oxygens (including phenoxy) is 1. The molecule has 1 saturated heterocycles. The number of anilines is 2. The van der Waals surface area contributed by atoms with E-state index in [2.05, 4.69) is 34.4 Å². The maximum absolute atomic E-state index is 13.5. The van der Waals surface area contributed by atoms with Crippen molar-refractivity contribution in [2.45, 2.75) is 26.8 Å². The van der Waals surface area contributed by atoms with Gasteiger partial charge < -0.3 is 29.1 Å². The molecule has 1 aromatic heterocycles. The molecule has 9 heteroatoms. The Labute approximate surface area is 227 Å². The van der Waals surface area contributed by atoms with Gasteiger partial charge in [-0.05, 0) is 55.7 Å². The Morgan fingerprint density at radius 1 is 1.08 bits per heavy atom. The van der Waals surface area contributed by atoms with E-state index in [0.717, 1.165) is 33.5 Å². The fourth-order valence-electron chi connectivity index (χ4n) is 5.40. The summed E-state index contributed by atoms with van der Waals surface area (Å²) in [7, 11) is -1.07. The molecule has 0 saturated carbocycles. The fourth-order valence-corrected chi connectivity index (χ4v) is 5.40. The van der Waals surface area contributed by atoms with Gasteiger partial charge >= 0.3 is 7.12 Å². The Morgan fingerprint density at radius 3 is 2.69 bits per heavy atom. The number of oxime groups is 1. The number of morpholine rings is 1. The van der Waals surface area contributed by atoms with Crippen molar-refractivity contribution in [3.8, 4) is 11.1 Å². The average molecular weight is 523 g/mol. The summed E-state index contributed by atoms with van der Waals surface area (Å²) in [6.07, 6.45) is 1.61. The highest BCUT2D eigenvalue weighted by atomic mass is 16.6. The van der Waals surface area contributed by atoms with Crippen LogP contribution in [0.25, 0.3) is 22.1 Å². The monoisotopic (exact) mass is 523 g/mol. The molecule has 39 heavy (non-hydrogen) atoms. The van der Waals surface area contributed by atoms with Gasteiger partial charge in [0.05, 0.1) is 36.4 Å². The number of benzene rings is 3. The second-order valence-electron chi connectivity index (χ2n) is 10.1. The van der Waals surface area contributed by atoms with Gasteiger partial charge in [-0.25, -0.2) is 0 Å². The van der Waals surface area contributed by atoms with E-state index in [1.54, 1.807) is 6.21 Å². The lowest BCUT2D eigenvalue weighted by molar-refractivity contribution is 0.120. The molecule has 0 aliphatic carbocycles. The average Bonchev–Trinajstić information content (AvgIpc) is 2.95. The van der Waals surface area contributed by atoms with Crippen molar-refractivity contribution in [1.29, 1.82) is 0 Å². The molecule has 4 aromatic rings. The van der Waals surface area contributed by atoms with Gasteiger partial charge in [0.15, 0.2) is 5.43 Å². The van der Waals surface area contributed by atoms with E-state index in [9.17, 15) is 9.82 Å². The third-order valence-electron chi connectivity index (χ3n) is 7.45. The van der Waals surface area contributed by atoms with E-state index in [-0.39, 0.29) is 11.5 Å². The van der Waals surface area contributed by atoms with Crippen molar-refractivity contribution in [3.63, 3.8) is 0 Å². The predicted molar refractivity (Wildman–Crippen MR) is 155 cm³/mol. The topological polar surface area (TPSA) is 96.5 Å². The van der Waals surface area contributed by atoms with E-state index in [0.29, 0.717) is 54.2 Å². The van der Waals surface area contributed by atoms with Crippen LogP contribution in [0.5, 0.6) is 0 Å². The Bertz CT molecular complexity index is 1640. The minimum absolute atomic E-state index is 0.00261. The molecule has 2 aliphatic rings. The van der Waals surface area contributed by atoms with Crippen molar-refractivity contribution in [2.75, 3.05) is 36.5 Å². The van der Waals surface area contributed by atoms with Crippen molar-refractivity contribution in [1.82, 2.24) is 0 Å². The fraction of sp³-hybridized carbons (Fsp3) is 0.267. The number of hydrogen-bond donors (Lipinski definition) is 2. The summed E-state index contributed by atoms with van der Waals surface area (Å²) >= 11 is 0. The van der Waals surface area contributed by atoms with Gasteiger partial charge in [0.25, 0.3) is 0 Å². The molecule has 1 atom stereocenters. The number of nitrogens with zero attached hydrogens (tertiary/aromatic N) is 2. The lowest BCUT2D eigenvalue weighted by atomic mass is 9.75. The highest BCUT2D eigenvalue weighted by Gasteiger charge is 2.26. The number of nitrogens with one attached hydrogen (secondary N) is 1. The molecule has 8 nitrogen and oxygen atoms in total. The molecule has 3 aromatic carbocycles. The standard InChI is InChI=1S/C30H30BN3O5/c1-18-14-24(29-25(15-18)28(35)19(2)30(38-29)34-10-12-37-13-11-34)20(3)33-27-7-5-4-6-23(27)21-8-9-26-22(16-21)17-32-39-31(26)36/h4-9,14-17,20,33,36H,10-13H2,1-3H3/t20-/m0/s1. The van der Waals surface area contributed by atoms with E-state index in [1.807, 2.05) is 56.3 Å². The second-order valence-corrected chi connectivity index (χ2v) is 10.1. The number of hydrogen-bond acceptors (Lipinski definition) is 8. The molecule has 198 valence electrons. The van der Waals surface area contributed by atoms with Gasteiger partial charge in [-0.3, -0.25) is 4.79 Å². The van der Waals surface area contributed by atoms with Gasteiger partial charge in [0.2, 0.25) is 5.88 Å². The highest BCUT2D eigenvalue weighted by Crippen LogP contribution is 2.35. The smallest absolute Gasteiger partial charge is 0.440 e. The lowest BCUT2D eigenvalue weighted by Crippen LogP contribution is -2.37. The highest BCUT2D eigenvalue weighted by molar-refractivity contribution is 6.62. The van der Waals surface area contributed by atoms with Crippen LogP contribution in [0.15, 0.2) is 69.0 Å². The van der Waals surface area contributed by atoms with E-state index < -0.39 is 7.12 Å².